The van der Waals surface area contributed by atoms with Gasteiger partial charge in [-0.25, -0.2) is 4.98 Å². The van der Waals surface area contributed by atoms with Gasteiger partial charge in [-0.2, -0.15) is 0 Å². The van der Waals surface area contributed by atoms with Gasteiger partial charge in [0, 0.05) is 10.7 Å². The van der Waals surface area contributed by atoms with Gasteiger partial charge in [0.2, 0.25) is 11.8 Å². The molecule has 0 saturated heterocycles. The molecule has 9 heteroatoms. The molecule has 0 atom stereocenters. The van der Waals surface area contributed by atoms with E-state index in [0.717, 1.165) is 11.8 Å². The number of primary amides is 1. The van der Waals surface area contributed by atoms with Crippen LogP contribution < -0.4 is 11.1 Å². The number of carbonyl (C=O) groups excluding carboxylic acids is 2. The highest BCUT2D eigenvalue weighted by molar-refractivity contribution is 7.99. The molecule has 4 N–H and O–H groups in total. The van der Waals surface area contributed by atoms with Gasteiger partial charge < -0.3 is 20.7 Å². The Hall–Kier alpha value is -2.03. The number of amides is 2. The van der Waals surface area contributed by atoms with E-state index in [9.17, 15) is 14.7 Å². The van der Waals surface area contributed by atoms with Crippen molar-refractivity contribution in [2.45, 2.75) is 18.3 Å². The third-order valence-corrected chi connectivity index (χ3v) is 4.04. The first-order valence-electron chi connectivity index (χ1n) is 6.61. The molecule has 0 aliphatic carbocycles. The smallest absolute Gasteiger partial charge is 0.237 e. The van der Waals surface area contributed by atoms with Crippen molar-refractivity contribution in [3.05, 3.63) is 41.2 Å². The highest BCUT2D eigenvalue weighted by atomic mass is 35.5. The number of hydrogen-bond acceptors (Lipinski definition) is 5. The Labute approximate surface area is 141 Å². The van der Waals surface area contributed by atoms with E-state index in [1.54, 1.807) is 24.3 Å². The number of nitrogens with two attached hydrogens (primary N) is 1. The molecule has 0 spiro atoms. The second-order valence-electron chi connectivity index (χ2n) is 4.59. The zero-order chi connectivity index (χ0) is 16.8. The van der Waals surface area contributed by atoms with E-state index in [1.165, 1.54) is 10.8 Å². The molecule has 1 aromatic heterocycles. The van der Waals surface area contributed by atoms with Crippen LogP contribution in [0.15, 0.2) is 35.6 Å². The van der Waals surface area contributed by atoms with Crippen molar-refractivity contribution in [2.75, 3.05) is 11.1 Å². The van der Waals surface area contributed by atoms with E-state index in [4.69, 9.17) is 17.3 Å². The Bertz CT molecular complexity index is 720. The molecule has 2 aromatic rings. The van der Waals surface area contributed by atoms with Crippen molar-refractivity contribution in [3.8, 4) is 0 Å². The molecule has 0 unspecified atom stereocenters. The Morgan fingerprint density at radius 2 is 2.22 bits per heavy atom. The third kappa shape index (κ3) is 4.98. The zero-order valence-electron chi connectivity index (χ0n) is 12.0. The van der Waals surface area contributed by atoms with Crippen molar-refractivity contribution in [3.63, 3.8) is 0 Å². The average Bonchev–Trinajstić information content (AvgIpc) is 2.86. The molecule has 122 valence electrons. The number of aliphatic hydroxyl groups excluding tert-OH is 1. The van der Waals surface area contributed by atoms with Crippen LogP contribution in [-0.2, 0) is 22.7 Å². The number of rotatable bonds is 7. The fourth-order valence-electron chi connectivity index (χ4n) is 1.85. The summed E-state index contributed by atoms with van der Waals surface area (Å²) in [6.45, 7) is -0.371. The number of imidazole rings is 1. The van der Waals surface area contributed by atoms with E-state index in [0.29, 0.717) is 21.6 Å². The maximum Gasteiger partial charge on any atom is 0.237 e. The number of nitrogens with one attached hydrogen (secondary N) is 1. The summed E-state index contributed by atoms with van der Waals surface area (Å²) >= 11 is 7.00. The molecule has 2 rings (SSSR count). The Morgan fingerprint density at radius 1 is 1.43 bits per heavy atom. The molecule has 0 radical (unpaired) electrons. The second-order valence-corrected chi connectivity index (χ2v) is 5.97. The maximum absolute atomic E-state index is 12.0. The van der Waals surface area contributed by atoms with Crippen molar-refractivity contribution in [2.24, 2.45) is 5.73 Å². The first kappa shape index (κ1) is 17.3. The maximum atomic E-state index is 12.0. The number of nitrogens with zero attached hydrogens (tertiary/aromatic N) is 2. The van der Waals surface area contributed by atoms with E-state index in [1.807, 2.05) is 0 Å². The number of carbonyl (C=O) groups is 2. The van der Waals surface area contributed by atoms with Crippen molar-refractivity contribution >= 4 is 40.9 Å². The summed E-state index contributed by atoms with van der Waals surface area (Å²) in [6.07, 6.45) is 1.44. The summed E-state index contributed by atoms with van der Waals surface area (Å²) < 4.78 is 1.49. The number of aliphatic hydroxyl groups is 1. The minimum atomic E-state index is -0.553. The quantitative estimate of drug-likeness (QED) is 0.648. The Balaban J connectivity index is 1.99. The minimum absolute atomic E-state index is 0.0904. The minimum Gasteiger partial charge on any atom is -0.390 e. The second kappa shape index (κ2) is 8.00. The standard InChI is InChI=1S/C14H15ClN4O3S/c15-9-2-1-3-10(4-9)18-13(22)8-23-14-17-5-11(7-20)19(14)6-12(16)21/h1-5,20H,6-8H2,(H2,16,21)(H,18,22). The van der Waals surface area contributed by atoms with Gasteiger partial charge in [0.1, 0.15) is 6.54 Å². The predicted octanol–water partition coefficient (Wildman–Crippen LogP) is 1.24. The summed E-state index contributed by atoms with van der Waals surface area (Å²) in [4.78, 5) is 27.1. The number of halogens is 1. The summed E-state index contributed by atoms with van der Waals surface area (Å²) in [5.74, 6) is -0.702. The molecule has 0 saturated carbocycles. The molecule has 2 amide bonds. The van der Waals surface area contributed by atoms with Crippen LogP contribution in [0.4, 0.5) is 5.69 Å². The number of aromatic nitrogens is 2. The highest BCUT2D eigenvalue weighted by Gasteiger charge is 2.13. The molecular formula is C14H15ClN4O3S. The Morgan fingerprint density at radius 3 is 2.87 bits per heavy atom. The topological polar surface area (TPSA) is 110 Å². The lowest BCUT2D eigenvalue weighted by Gasteiger charge is -2.09. The average molecular weight is 355 g/mol. The van der Waals surface area contributed by atoms with Crippen LogP contribution in [0.2, 0.25) is 5.02 Å². The van der Waals surface area contributed by atoms with Gasteiger partial charge >= 0.3 is 0 Å². The largest absolute Gasteiger partial charge is 0.390 e. The molecule has 1 aromatic carbocycles. The molecular weight excluding hydrogens is 340 g/mol. The van der Waals surface area contributed by atoms with Crippen LogP contribution in [-0.4, -0.2) is 32.2 Å². The van der Waals surface area contributed by atoms with Gasteiger partial charge in [-0.3, -0.25) is 9.59 Å². The molecule has 0 bridgehead atoms. The van der Waals surface area contributed by atoms with E-state index in [2.05, 4.69) is 10.3 Å². The van der Waals surface area contributed by atoms with Gasteiger partial charge in [-0.05, 0) is 18.2 Å². The summed E-state index contributed by atoms with van der Waals surface area (Å²) in [5, 5.41) is 12.9. The number of benzene rings is 1. The van der Waals surface area contributed by atoms with Crippen LogP contribution in [0.5, 0.6) is 0 Å². The highest BCUT2D eigenvalue weighted by Crippen LogP contribution is 2.20. The molecule has 1 heterocycles. The van der Waals surface area contributed by atoms with Crippen molar-refractivity contribution in [1.82, 2.24) is 9.55 Å². The number of hydrogen-bond donors (Lipinski definition) is 3. The fraction of sp³-hybridized carbons (Fsp3) is 0.214. The summed E-state index contributed by atoms with van der Waals surface area (Å²) in [7, 11) is 0. The SMILES string of the molecule is NC(=O)Cn1c(CO)cnc1SCC(=O)Nc1cccc(Cl)c1. The van der Waals surface area contributed by atoms with Crippen LogP contribution in [0.25, 0.3) is 0 Å². The first-order chi connectivity index (χ1) is 11.0. The molecule has 0 fully saturated rings. The molecule has 0 aliphatic rings. The zero-order valence-corrected chi connectivity index (χ0v) is 13.6. The van der Waals surface area contributed by atoms with Crippen molar-refractivity contribution < 1.29 is 14.7 Å². The lowest BCUT2D eigenvalue weighted by Crippen LogP contribution is -2.21. The van der Waals surface area contributed by atoms with Crippen molar-refractivity contribution in [1.29, 1.82) is 0 Å². The van der Waals surface area contributed by atoms with Gasteiger partial charge in [-0.15, -0.1) is 0 Å². The monoisotopic (exact) mass is 354 g/mol. The molecule has 0 aliphatic heterocycles. The van der Waals surface area contributed by atoms with Crippen LogP contribution >= 0.6 is 23.4 Å². The lowest BCUT2D eigenvalue weighted by molar-refractivity contribution is -0.118. The number of thioether (sulfide) groups is 1. The predicted molar refractivity (Wildman–Crippen MR) is 88.1 cm³/mol. The van der Waals surface area contributed by atoms with Crippen LogP contribution in [0, 0.1) is 0 Å². The Kier molecular flexibility index (Phi) is 6.03. The fourth-order valence-corrected chi connectivity index (χ4v) is 2.84. The van der Waals surface area contributed by atoms with Gasteiger partial charge in [-0.1, -0.05) is 29.4 Å². The van der Waals surface area contributed by atoms with E-state index < -0.39 is 5.91 Å². The normalized spacial score (nSPS) is 10.5. The first-order valence-corrected chi connectivity index (χ1v) is 7.97. The van der Waals surface area contributed by atoms with Gasteiger partial charge in [0.05, 0.1) is 24.3 Å². The summed E-state index contributed by atoms with van der Waals surface area (Å²) in [5.41, 5.74) is 6.23. The number of anilines is 1. The van der Waals surface area contributed by atoms with Gasteiger partial charge in [0.25, 0.3) is 0 Å². The van der Waals surface area contributed by atoms with Crippen LogP contribution in [0.1, 0.15) is 5.69 Å². The molecule has 7 nitrogen and oxygen atoms in total. The molecule has 23 heavy (non-hydrogen) atoms. The lowest BCUT2D eigenvalue weighted by atomic mass is 10.3. The van der Waals surface area contributed by atoms with Gasteiger partial charge in [0.15, 0.2) is 5.16 Å². The summed E-state index contributed by atoms with van der Waals surface area (Å²) in [6, 6.07) is 6.82. The van der Waals surface area contributed by atoms with Crippen LogP contribution in [0.3, 0.4) is 0 Å². The third-order valence-electron chi connectivity index (χ3n) is 2.82. The van der Waals surface area contributed by atoms with E-state index in [-0.39, 0.29) is 24.8 Å². The van der Waals surface area contributed by atoms with E-state index >= 15 is 0 Å².